The summed E-state index contributed by atoms with van der Waals surface area (Å²) in [5.41, 5.74) is 3.30. The molecule has 0 atom stereocenters. The fourth-order valence-corrected chi connectivity index (χ4v) is 5.08. The lowest BCUT2D eigenvalue weighted by atomic mass is 9.89. The van der Waals surface area contributed by atoms with E-state index in [4.69, 9.17) is 14.5 Å². The minimum atomic E-state index is -3.39. The van der Waals surface area contributed by atoms with Crippen molar-refractivity contribution in [1.29, 1.82) is 5.26 Å². The molecule has 1 fully saturated rings. The Morgan fingerprint density at radius 3 is 2.32 bits per heavy atom. The van der Waals surface area contributed by atoms with Crippen LogP contribution < -0.4 is 19.8 Å². The van der Waals surface area contributed by atoms with E-state index in [1.807, 2.05) is 12.1 Å². The monoisotopic (exact) mass is 516 g/mol. The summed E-state index contributed by atoms with van der Waals surface area (Å²) in [4.78, 5) is 20.4. The molecule has 0 spiro atoms. The number of hydrogen-bond donors (Lipinski definition) is 2. The number of aromatic amines is 1. The van der Waals surface area contributed by atoms with Gasteiger partial charge in [-0.15, -0.1) is 0 Å². The van der Waals surface area contributed by atoms with Crippen molar-refractivity contribution in [2.45, 2.75) is 18.3 Å². The molecule has 9 nitrogen and oxygen atoms in total. The number of aromatic nitrogens is 2. The number of H-pyrrole nitrogens is 1. The highest BCUT2D eigenvalue weighted by atomic mass is 32.2. The lowest BCUT2D eigenvalue weighted by Gasteiger charge is -2.18. The summed E-state index contributed by atoms with van der Waals surface area (Å²) in [5, 5.41) is 10.6. The van der Waals surface area contributed by atoms with E-state index in [1.165, 1.54) is 7.11 Å². The second kappa shape index (κ2) is 8.94. The maximum Gasteiger partial charge on any atom is 0.258 e. The van der Waals surface area contributed by atoms with E-state index >= 15 is 0 Å². The Labute approximate surface area is 213 Å². The van der Waals surface area contributed by atoms with Crippen molar-refractivity contribution in [3.8, 4) is 40.0 Å². The Morgan fingerprint density at radius 1 is 1.03 bits per heavy atom. The van der Waals surface area contributed by atoms with Gasteiger partial charge in [0, 0.05) is 39.5 Å². The molecule has 0 aliphatic heterocycles. The van der Waals surface area contributed by atoms with Crippen LogP contribution in [0.3, 0.4) is 0 Å². The molecule has 4 aromatic rings. The first kappa shape index (κ1) is 24.3. The molecule has 0 bridgehead atoms. The maximum absolute atomic E-state index is 13.0. The molecule has 1 aliphatic carbocycles. The third kappa shape index (κ3) is 4.49. The molecule has 0 unspecified atom stereocenters. The van der Waals surface area contributed by atoms with Crippen molar-refractivity contribution in [2.75, 3.05) is 25.2 Å². The summed E-state index contributed by atoms with van der Waals surface area (Å²) < 4.78 is 36.5. The van der Waals surface area contributed by atoms with E-state index in [9.17, 15) is 18.5 Å². The quantitative estimate of drug-likeness (QED) is 0.376. The van der Waals surface area contributed by atoms with Gasteiger partial charge < -0.3 is 9.47 Å². The van der Waals surface area contributed by atoms with E-state index in [0.29, 0.717) is 52.2 Å². The summed E-state index contributed by atoms with van der Waals surface area (Å²) in [7, 11) is -0.354. The fourth-order valence-electron chi connectivity index (χ4n) is 4.51. The lowest BCUT2D eigenvalue weighted by Crippen LogP contribution is -2.12. The number of anilines is 1. The summed E-state index contributed by atoms with van der Waals surface area (Å²) in [6.45, 7) is 0. The van der Waals surface area contributed by atoms with Crippen molar-refractivity contribution < 1.29 is 17.9 Å². The van der Waals surface area contributed by atoms with Crippen molar-refractivity contribution in [1.82, 2.24) is 9.97 Å². The van der Waals surface area contributed by atoms with Crippen LogP contribution in [0.5, 0.6) is 11.6 Å². The molecular formula is C27H24N4O5S. The largest absolute Gasteiger partial charge is 0.496 e. The molecule has 0 radical (unpaired) electrons. The topological polar surface area (TPSA) is 134 Å². The highest BCUT2D eigenvalue weighted by Crippen LogP contribution is 2.53. The van der Waals surface area contributed by atoms with Gasteiger partial charge >= 0.3 is 0 Å². The number of benzene rings is 2. The predicted octanol–water partition coefficient (Wildman–Crippen LogP) is 4.20. The van der Waals surface area contributed by atoms with Crippen molar-refractivity contribution in [3.63, 3.8) is 0 Å². The van der Waals surface area contributed by atoms with Crippen LogP contribution in [0.2, 0.25) is 0 Å². The summed E-state index contributed by atoms with van der Waals surface area (Å²) in [6, 6.07) is 16.5. The maximum atomic E-state index is 13.0. The summed E-state index contributed by atoms with van der Waals surface area (Å²) in [5.74, 6) is 0.888. The van der Waals surface area contributed by atoms with Crippen molar-refractivity contribution >= 4 is 26.6 Å². The third-order valence-corrected chi connectivity index (χ3v) is 7.13. The Balaban J connectivity index is 1.73. The van der Waals surface area contributed by atoms with Crippen LogP contribution in [-0.4, -0.2) is 38.9 Å². The number of nitriles is 1. The molecule has 2 aromatic carbocycles. The summed E-state index contributed by atoms with van der Waals surface area (Å²) in [6.07, 6.45) is 4.19. The second-order valence-electron chi connectivity index (χ2n) is 9.04. The van der Waals surface area contributed by atoms with Gasteiger partial charge in [0.2, 0.25) is 10.0 Å². The highest BCUT2D eigenvalue weighted by Gasteiger charge is 2.47. The van der Waals surface area contributed by atoms with Gasteiger partial charge in [-0.3, -0.25) is 19.5 Å². The standard InChI is InChI=1S/C27H24N4O5S/c1-35-23-9-8-19(26(32)30-23)20-13-22(27(15-28)10-11-27)25(36-2)21-12-17(14-29-24(20)21)16-4-6-18(7-5-16)31-37(3,33)34/h4-9,12-14,31H,10-11H2,1-3H3,(H,30,32). The van der Waals surface area contributed by atoms with Crippen LogP contribution in [0.15, 0.2) is 59.5 Å². The number of methoxy groups -OCH3 is 2. The molecule has 2 N–H and O–H groups in total. The van der Waals surface area contributed by atoms with Gasteiger partial charge in [-0.25, -0.2) is 8.42 Å². The van der Waals surface area contributed by atoms with E-state index in [-0.39, 0.29) is 5.56 Å². The SMILES string of the molecule is COc1ccc(-c2cc(C3(C#N)CC3)c(OC)c3cc(-c4ccc(NS(C)(=O)=O)cc4)cnc23)c(=O)[nH]1. The minimum absolute atomic E-state index is 0.335. The van der Waals surface area contributed by atoms with Gasteiger partial charge in [-0.2, -0.15) is 5.26 Å². The smallest absolute Gasteiger partial charge is 0.258 e. The number of fused-ring (bicyclic) bond motifs is 1. The van der Waals surface area contributed by atoms with Crippen LogP contribution in [0.25, 0.3) is 33.2 Å². The molecule has 1 aliphatic rings. The Morgan fingerprint density at radius 2 is 1.76 bits per heavy atom. The van der Waals surface area contributed by atoms with E-state index in [2.05, 4.69) is 15.8 Å². The molecule has 0 saturated heterocycles. The first-order valence-corrected chi connectivity index (χ1v) is 13.4. The number of sulfonamides is 1. The first-order chi connectivity index (χ1) is 17.7. The molecule has 188 valence electrons. The fraction of sp³-hybridized carbons (Fsp3) is 0.222. The van der Waals surface area contributed by atoms with Crippen LogP contribution >= 0.6 is 0 Å². The Hall–Kier alpha value is -4.36. The third-order valence-electron chi connectivity index (χ3n) is 6.52. The van der Waals surface area contributed by atoms with Crippen molar-refractivity contribution in [3.05, 3.63) is 70.6 Å². The van der Waals surface area contributed by atoms with E-state index < -0.39 is 15.4 Å². The first-order valence-electron chi connectivity index (χ1n) is 11.5. The van der Waals surface area contributed by atoms with Crippen LogP contribution in [0.1, 0.15) is 18.4 Å². The number of rotatable bonds is 7. The minimum Gasteiger partial charge on any atom is -0.496 e. The number of nitrogens with one attached hydrogen (secondary N) is 2. The number of pyridine rings is 2. The number of hydrogen-bond acceptors (Lipinski definition) is 7. The second-order valence-corrected chi connectivity index (χ2v) is 10.8. The molecule has 2 heterocycles. The average molecular weight is 517 g/mol. The number of nitrogens with zero attached hydrogens (tertiary/aromatic N) is 2. The van der Waals surface area contributed by atoms with E-state index in [1.54, 1.807) is 49.7 Å². The van der Waals surface area contributed by atoms with Crippen LogP contribution in [0.4, 0.5) is 5.69 Å². The van der Waals surface area contributed by atoms with Gasteiger partial charge in [0.15, 0.2) is 5.88 Å². The zero-order chi connectivity index (χ0) is 26.4. The van der Waals surface area contributed by atoms with Gasteiger partial charge in [0.05, 0.1) is 37.5 Å². The normalized spacial score (nSPS) is 14.1. The Bertz CT molecular complexity index is 1730. The van der Waals surface area contributed by atoms with Crippen molar-refractivity contribution in [2.24, 2.45) is 0 Å². The van der Waals surface area contributed by atoms with Gasteiger partial charge in [-0.1, -0.05) is 12.1 Å². The zero-order valence-corrected chi connectivity index (χ0v) is 21.3. The molecule has 2 aromatic heterocycles. The van der Waals surface area contributed by atoms with Crippen LogP contribution in [-0.2, 0) is 15.4 Å². The molecule has 0 amide bonds. The lowest BCUT2D eigenvalue weighted by molar-refractivity contribution is 0.397. The van der Waals surface area contributed by atoms with Crippen LogP contribution in [0, 0.1) is 11.3 Å². The zero-order valence-electron chi connectivity index (χ0n) is 20.5. The molecule has 5 rings (SSSR count). The molecular weight excluding hydrogens is 492 g/mol. The highest BCUT2D eigenvalue weighted by molar-refractivity contribution is 7.92. The number of ether oxygens (including phenoxy) is 2. The summed E-state index contributed by atoms with van der Waals surface area (Å²) >= 11 is 0. The molecule has 37 heavy (non-hydrogen) atoms. The van der Waals surface area contributed by atoms with Gasteiger partial charge in [-0.05, 0) is 54.8 Å². The van der Waals surface area contributed by atoms with Gasteiger partial charge in [0.1, 0.15) is 5.75 Å². The van der Waals surface area contributed by atoms with Gasteiger partial charge in [0.25, 0.3) is 5.56 Å². The predicted molar refractivity (Wildman–Crippen MR) is 141 cm³/mol. The van der Waals surface area contributed by atoms with E-state index in [0.717, 1.165) is 22.9 Å². The Kier molecular flexibility index (Phi) is 5.88. The molecule has 1 saturated carbocycles. The molecule has 10 heteroatoms. The average Bonchev–Trinajstić information content (AvgIpc) is 3.68.